The van der Waals surface area contributed by atoms with Crippen molar-refractivity contribution in [3.05, 3.63) is 23.8 Å². The number of aliphatic hydroxyl groups excluding tert-OH is 1. The summed E-state index contributed by atoms with van der Waals surface area (Å²) in [5, 5.41) is 9.72. The fourth-order valence-electron chi connectivity index (χ4n) is 3.43. The van der Waals surface area contributed by atoms with E-state index in [9.17, 15) is 18.3 Å². The minimum absolute atomic E-state index is 0.0173. The SMILES string of the molecule is COCC(=O)N(C)C[C@H]1Oc2cc(C#CCN(C)C)ccc2S(=O)(=O)N([C@@H](C)CO)C[C@H]1C. The molecule has 2 rings (SSSR count). The van der Waals surface area contributed by atoms with Gasteiger partial charge in [0.2, 0.25) is 15.9 Å². The van der Waals surface area contributed by atoms with Crippen LogP contribution < -0.4 is 4.74 Å². The second kappa shape index (κ2) is 11.8. The predicted molar refractivity (Wildman–Crippen MR) is 125 cm³/mol. The summed E-state index contributed by atoms with van der Waals surface area (Å²) in [5.74, 6) is 5.79. The van der Waals surface area contributed by atoms with Crippen LogP contribution in [0, 0.1) is 17.8 Å². The number of benzene rings is 1. The molecule has 33 heavy (non-hydrogen) atoms. The Kier molecular flexibility index (Phi) is 9.70. The lowest BCUT2D eigenvalue weighted by atomic mass is 10.0. The Morgan fingerprint density at radius 3 is 2.67 bits per heavy atom. The first kappa shape index (κ1) is 27.1. The zero-order valence-electron chi connectivity index (χ0n) is 20.2. The van der Waals surface area contributed by atoms with Crippen LogP contribution in [0.2, 0.25) is 0 Å². The maximum atomic E-state index is 13.5. The van der Waals surface area contributed by atoms with E-state index in [1.54, 1.807) is 26.1 Å². The quantitative estimate of drug-likeness (QED) is 0.565. The van der Waals surface area contributed by atoms with E-state index in [1.165, 1.54) is 22.4 Å². The van der Waals surface area contributed by atoms with Gasteiger partial charge in [0.1, 0.15) is 23.4 Å². The van der Waals surface area contributed by atoms with Crippen LogP contribution in [-0.2, 0) is 19.6 Å². The molecule has 0 spiro atoms. The van der Waals surface area contributed by atoms with E-state index in [0.29, 0.717) is 12.1 Å². The molecule has 0 saturated heterocycles. The molecule has 0 saturated carbocycles. The molecular weight excluding hydrogens is 446 g/mol. The molecule has 1 aliphatic rings. The molecule has 0 aromatic heterocycles. The summed E-state index contributed by atoms with van der Waals surface area (Å²) in [5.41, 5.74) is 0.628. The van der Waals surface area contributed by atoms with Crippen molar-refractivity contribution in [2.24, 2.45) is 5.92 Å². The number of carbonyl (C=O) groups is 1. The lowest BCUT2D eigenvalue weighted by molar-refractivity contribution is -0.135. The molecule has 1 aliphatic heterocycles. The van der Waals surface area contributed by atoms with E-state index in [2.05, 4.69) is 11.8 Å². The van der Waals surface area contributed by atoms with E-state index < -0.39 is 22.2 Å². The van der Waals surface area contributed by atoms with Gasteiger partial charge < -0.3 is 19.5 Å². The van der Waals surface area contributed by atoms with Crippen LogP contribution in [0.4, 0.5) is 0 Å². The van der Waals surface area contributed by atoms with Crippen molar-refractivity contribution in [1.29, 1.82) is 0 Å². The number of methoxy groups -OCH3 is 1. The summed E-state index contributed by atoms with van der Waals surface area (Å²) in [6.07, 6.45) is -0.483. The summed E-state index contributed by atoms with van der Waals surface area (Å²) in [7, 11) is 3.01. The summed E-state index contributed by atoms with van der Waals surface area (Å²) >= 11 is 0. The van der Waals surface area contributed by atoms with Gasteiger partial charge in [-0.2, -0.15) is 4.31 Å². The molecule has 0 fully saturated rings. The van der Waals surface area contributed by atoms with E-state index in [1.807, 2.05) is 25.9 Å². The number of hydrogen-bond acceptors (Lipinski definition) is 7. The zero-order chi connectivity index (χ0) is 24.8. The zero-order valence-corrected chi connectivity index (χ0v) is 21.1. The Balaban J connectivity index is 2.52. The number of hydrogen-bond donors (Lipinski definition) is 1. The topological polar surface area (TPSA) is 99.6 Å². The number of aliphatic hydroxyl groups is 1. The van der Waals surface area contributed by atoms with E-state index >= 15 is 0 Å². The smallest absolute Gasteiger partial charge is 0.248 e. The van der Waals surface area contributed by atoms with Crippen molar-refractivity contribution in [1.82, 2.24) is 14.1 Å². The Hall–Kier alpha value is -2.16. The van der Waals surface area contributed by atoms with Crippen LogP contribution in [0.15, 0.2) is 23.1 Å². The van der Waals surface area contributed by atoms with Gasteiger partial charge in [0.05, 0.1) is 19.7 Å². The van der Waals surface area contributed by atoms with Crippen molar-refractivity contribution in [3.63, 3.8) is 0 Å². The first-order valence-electron chi connectivity index (χ1n) is 10.8. The van der Waals surface area contributed by atoms with Gasteiger partial charge in [-0.3, -0.25) is 9.69 Å². The van der Waals surface area contributed by atoms with E-state index in [0.717, 1.165) is 0 Å². The fraction of sp³-hybridized carbons (Fsp3) is 0.609. The summed E-state index contributed by atoms with van der Waals surface area (Å²) in [6.45, 7) is 4.12. The highest BCUT2D eigenvalue weighted by atomic mass is 32.2. The standard InChI is InChI=1S/C23H35N3O6S/c1-17-13-26(18(2)15-27)33(29,30)22-10-9-19(8-7-11-24(3)4)12-20(22)32-21(17)14-25(5)23(28)16-31-6/h9-10,12,17-18,21,27H,11,13-16H2,1-6H3/t17-,18+,21-/m1/s1. The van der Waals surface area contributed by atoms with Crippen molar-refractivity contribution in [2.75, 3.05) is 61.1 Å². The fourth-order valence-corrected chi connectivity index (χ4v) is 5.25. The highest BCUT2D eigenvalue weighted by Gasteiger charge is 2.38. The van der Waals surface area contributed by atoms with Crippen LogP contribution in [0.3, 0.4) is 0 Å². The lowest BCUT2D eigenvalue weighted by Gasteiger charge is -2.37. The maximum absolute atomic E-state index is 13.5. The Bertz CT molecular complexity index is 986. The minimum atomic E-state index is -3.92. The van der Waals surface area contributed by atoms with Crippen LogP contribution in [0.25, 0.3) is 0 Å². The van der Waals surface area contributed by atoms with Crippen molar-refractivity contribution >= 4 is 15.9 Å². The van der Waals surface area contributed by atoms with Gasteiger partial charge in [-0.1, -0.05) is 18.8 Å². The molecule has 0 unspecified atom stereocenters. The highest BCUT2D eigenvalue weighted by Crippen LogP contribution is 2.34. The number of amides is 1. The predicted octanol–water partition coefficient (Wildman–Crippen LogP) is 0.473. The van der Waals surface area contributed by atoms with E-state index in [-0.39, 0.29) is 48.8 Å². The molecule has 1 heterocycles. The Labute approximate surface area is 197 Å². The maximum Gasteiger partial charge on any atom is 0.248 e. The molecule has 184 valence electrons. The molecule has 1 aromatic carbocycles. The number of fused-ring (bicyclic) bond motifs is 1. The number of carbonyl (C=O) groups excluding carboxylic acids is 1. The second-order valence-electron chi connectivity index (χ2n) is 8.65. The average Bonchev–Trinajstić information content (AvgIpc) is 2.75. The Morgan fingerprint density at radius 2 is 2.06 bits per heavy atom. The number of ether oxygens (including phenoxy) is 2. The first-order chi connectivity index (χ1) is 15.5. The van der Waals surface area contributed by atoms with Gasteiger partial charge in [-0.05, 0) is 39.2 Å². The lowest BCUT2D eigenvalue weighted by Crippen LogP contribution is -2.50. The van der Waals surface area contributed by atoms with Crippen LogP contribution in [0.5, 0.6) is 5.75 Å². The van der Waals surface area contributed by atoms with Gasteiger partial charge in [0.25, 0.3) is 0 Å². The van der Waals surface area contributed by atoms with Gasteiger partial charge in [-0.15, -0.1) is 0 Å². The van der Waals surface area contributed by atoms with Crippen LogP contribution in [-0.4, -0.2) is 107 Å². The van der Waals surface area contributed by atoms with Crippen molar-refractivity contribution in [2.45, 2.75) is 30.9 Å². The van der Waals surface area contributed by atoms with Crippen molar-refractivity contribution in [3.8, 4) is 17.6 Å². The molecule has 9 nitrogen and oxygen atoms in total. The minimum Gasteiger partial charge on any atom is -0.487 e. The number of sulfonamides is 1. The third-order valence-electron chi connectivity index (χ3n) is 5.44. The normalized spacial score (nSPS) is 21.1. The third-order valence-corrected chi connectivity index (χ3v) is 7.46. The summed E-state index contributed by atoms with van der Waals surface area (Å²) < 4.78 is 39.4. The monoisotopic (exact) mass is 481 g/mol. The van der Waals surface area contributed by atoms with Crippen LogP contribution in [0.1, 0.15) is 19.4 Å². The van der Waals surface area contributed by atoms with Gasteiger partial charge in [0.15, 0.2) is 0 Å². The highest BCUT2D eigenvalue weighted by molar-refractivity contribution is 7.89. The number of nitrogens with zero attached hydrogens (tertiary/aromatic N) is 3. The molecule has 0 aliphatic carbocycles. The number of likely N-dealkylation sites (N-methyl/N-ethyl adjacent to an activating group) is 1. The molecular formula is C23H35N3O6S. The van der Waals surface area contributed by atoms with Crippen LogP contribution >= 0.6 is 0 Å². The summed E-state index contributed by atoms with van der Waals surface area (Å²) in [6, 6.07) is 4.16. The van der Waals surface area contributed by atoms with Gasteiger partial charge >= 0.3 is 0 Å². The molecule has 1 N–H and O–H groups in total. The van der Waals surface area contributed by atoms with E-state index in [4.69, 9.17) is 9.47 Å². The first-order valence-corrected chi connectivity index (χ1v) is 12.2. The number of rotatable bonds is 7. The third kappa shape index (κ3) is 6.91. The molecule has 0 bridgehead atoms. The second-order valence-corrected chi connectivity index (χ2v) is 10.5. The largest absolute Gasteiger partial charge is 0.487 e. The molecule has 1 aromatic rings. The van der Waals surface area contributed by atoms with Gasteiger partial charge in [0, 0.05) is 38.2 Å². The molecule has 10 heteroatoms. The summed E-state index contributed by atoms with van der Waals surface area (Å²) in [4.78, 5) is 15.7. The Morgan fingerprint density at radius 1 is 1.36 bits per heavy atom. The van der Waals surface area contributed by atoms with Crippen molar-refractivity contribution < 1.29 is 27.8 Å². The molecule has 0 radical (unpaired) electrons. The molecule has 1 amide bonds. The van der Waals surface area contributed by atoms with Gasteiger partial charge in [-0.25, -0.2) is 8.42 Å². The average molecular weight is 482 g/mol. The molecule has 3 atom stereocenters.